The van der Waals surface area contributed by atoms with Crippen molar-refractivity contribution in [1.29, 1.82) is 0 Å². The molecule has 4 aliphatic carbocycles. The van der Waals surface area contributed by atoms with Crippen molar-refractivity contribution in [2.75, 3.05) is 0 Å². The molecule has 0 aromatic carbocycles. The summed E-state index contributed by atoms with van der Waals surface area (Å²) >= 11 is 0. The number of esters is 2. The van der Waals surface area contributed by atoms with Crippen molar-refractivity contribution in [3.05, 3.63) is 12.2 Å². The van der Waals surface area contributed by atoms with E-state index in [9.17, 15) is 19.5 Å². The zero-order valence-electron chi connectivity index (χ0n) is 17.4. The van der Waals surface area contributed by atoms with E-state index in [0.717, 1.165) is 32.1 Å². The highest BCUT2D eigenvalue weighted by Gasteiger charge is 2.83. The van der Waals surface area contributed by atoms with Crippen LogP contribution in [0.5, 0.6) is 0 Å². The van der Waals surface area contributed by atoms with Crippen LogP contribution in [0, 0.1) is 34.5 Å². The minimum Gasteiger partial charge on any atom is -0.481 e. The van der Waals surface area contributed by atoms with Crippen molar-refractivity contribution >= 4 is 17.9 Å². The Morgan fingerprint density at radius 3 is 2.79 bits per heavy atom. The number of aliphatic carboxylic acids is 1. The summed E-state index contributed by atoms with van der Waals surface area (Å²) in [6.45, 7) is 5.42. The van der Waals surface area contributed by atoms with Crippen molar-refractivity contribution < 1.29 is 29.0 Å². The molecule has 1 heterocycles. The molecule has 158 valence electrons. The first kappa shape index (κ1) is 19.1. The van der Waals surface area contributed by atoms with Crippen LogP contribution in [0.3, 0.4) is 0 Å². The lowest BCUT2D eigenvalue weighted by atomic mass is 9.62. The molecule has 29 heavy (non-hydrogen) atoms. The molecule has 1 spiro atoms. The van der Waals surface area contributed by atoms with Crippen LogP contribution >= 0.6 is 0 Å². The Morgan fingerprint density at radius 2 is 2.14 bits per heavy atom. The van der Waals surface area contributed by atoms with Gasteiger partial charge in [-0.2, -0.15) is 0 Å². The molecule has 1 N–H and O–H groups in total. The Labute approximate surface area is 171 Å². The van der Waals surface area contributed by atoms with E-state index in [2.05, 4.69) is 6.92 Å². The van der Waals surface area contributed by atoms with E-state index in [0.29, 0.717) is 12.8 Å². The highest BCUT2D eigenvalue weighted by Crippen LogP contribution is 2.78. The van der Waals surface area contributed by atoms with Crippen LogP contribution in [-0.2, 0) is 23.9 Å². The van der Waals surface area contributed by atoms with Crippen LogP contribution < -0.4 is 0 Å². The molecule has 8 atom stereocenters. The zero-order valence-corrected chi connectivity index (χ0v) is 17.4. The Kier molecular flexibility index (Phi) is 3.72. The van der Waals surface area contributed by atoms with Crippen LogP contribution in [0.4, 0.5) is 0 Å². The lowest BCUT2D eigenvalue weighted by molar-refractivity contribution is -0.173. The molecule has 1 aliphatic heterocycles. The number of carboxylic acids is 1. The van der Waals surface area contributed by atoms with Crippen molar-refractivity contribution in [1.82, 2.24) is 0 Å². The molecular formula is C23H30O6. The summed E-state index contributed by atoms with van der Waals surface area (Å²) in [6.07, 6.45) is 9.16. The molecule has 1 saturated heterocycles. The van der Waals surface area contributed by atoms with Crippen molar-refractivity contribution in [3.8, 4) is 0 Å². The number of carbonyl (C=O) groups is 3. The van der Waals surface area contributed by atoms with E-state index < -0.39 is 33.9 Å². The van der Waals surface area contributed by atoms with Crippen LogP contribution in [0.1, 0.15) is 65.7 Å². The van der Waals surface area contributed by atoms with E-state index in [1.165, 1.54) is 6.92 Å². The van der Waals surface area contributed by atoms with Crippen LogP contribution in [-0.4, -0.2) is 34.2 Å². The van der Waals surface area contributed by atoms with Gasteiger partial charge in [-0.05, 0) is 50.4 Å². The quantitative estimate of drug-likeness (QED) is 0.572. The lowest BCUT2D eigenvalue weighted by Crippen LogP contribution is -2.49. The summed E-state index contributed by atoms with van der Waals surface area (Å²) in [5.41, 5.74) is -2.68. The molecule has 6 heteroatoms. The van der Waals surface area contributed by atoms with Gasteiger partial charge in [0.15, 0.2) is 0 Å². The first-order valence-corrected chi connectivity index (χ1v) is 11.0. The number of carboxylic acid groups (broad SMARTS) is 1. The molecule has 5 aliphatic rings. The number of fused-ring (bicyclic) bond motifs is 1. The van der Waals surface area contributed by atoms with E-state index in [-0.39, 0.29) is 29.7 Å². The molecule has 0 radical (unpaired) electrons. The largest absolute Gasteiger partial charge is 0.481 e. The van der Waals surface area contributed by atoms with Gasteiger partial charge in [-0.15, -0.1) is 0 Å². The third-order valence-electron chi connectivity index (χ3n) is 9.14. The Hall–Kier alpha value is -1.85. The van der Waals surface area contributed by atoms with Gasteiger partial charge in [0.05, 0.1) is 11.3 Å². The number of rotatable bonds is 4. The van der Waals surface area contributed by atoms with Gasteiger partial charge in [0, 0.05) is 25.2 Å². The standard InChI is InChI=1S/C23H30O6/c1-4-6-14-11-21-12-22(14,28-13(2)24)10-7-15(21)23-9-5-8-20(3,19(27)29-23)17(23)16(21)18(25)26/h5,8,14-17H,4,6-7,9-12H2,1-3H3,(H,25,26)/t14-,15+,16+,17+,20-,21-,22-,23+/m0/s1. The summed E-state index contributed by atoms with van der Waals surface area (Å²) in [5.74, 6) is -2.26. The van der Waals surface area contributed by atoms with Crippen molar-refractivity contribution in [3.63, 3.8) is 0 Å². The van der Waals surface area contributed by atoms with Gasteiger partial charge in [-0.3, -0.25) is 14.4 Å². The fourth-order valence-corrected chi connectivity index (χ4v) is 8.60. The highest BCUT2D eigenvalue weighted by atomic mass is 16.6. The monoisotopic (exact) mass is 402 g/mol. The average molecular weight is 402 g/mol. The maximum absolute atomic E-state index is 12.9. The summed E-state index contributed by atoms with van der Waals surface area (Å²) in [6, 6.07) is 0. The predicted molar refractivity (Wildman–Crippen MR) is 103 cm³/mol. The molecule has 0 aromatic heterocycles. The maximum atomic E-state index is 12.9. The van der Waals surface area contributed by atoms with Gasteiger partial charge in [-0.1, -0.05) is 25.5 Å². The molecule has 4 fully saturated rings. The summed E-state index contributed by atoms with van der Waals surface area (Å²) in [5, 5.41) is 10.4. The summed E-state index contributed by atoms with van der Waals surface area (Å²) in [7, 11) is 0. The third kappa shape index (κ3) is 2.05. The van der Waals surface area contributed by atoms with Gasteiger partial charge in [0.2, 0.25) is 0 Å². The SMILES string of the molecule is CCC[C@H]1C[C@]23C[C@@]1(OC(C)=O)CC[C@H]2[C@@]12CC=C[C@](C)(C(=O)O1)[C@H]2[C@@H]3C(=O)O. The second-order valence-corrected chi connectivity index (χ2v) is 10.4. The van der Waals surface area contributed by atoms with Gasteiger partial charge in [0.1, 0.15) is 11.2 Å². The number of hydrogen-bond acceptors (Lipinski definition) is 5. The van der Waals surface area contributed by atoms with E-state index >= 15 is 0 Å². The Morgan fingerprint density at radius 1 is 1.38 bits per heavy atom. The third-order valence-corrected chi connectivity index (χ3v) is 9.14. The van der Waals surface area contributed by atoms with Crippen LogP contribution in [0.15, 0.2) is 12.2 Å². The molecule has 6 nitrogen and oxygen atoms in total. The first-order valence-electron chi connectivity index (χ1n) is 11.0. The van der Waals surface area contributed by atoms with Gasteiger partial charge in [0.25, 0.3) is 0 Å². The zero-order chi connectivity index (χ0) is 20.8. The lowest BCUT2D eigenvalue weighted by Gasteiger charge is -2.46. The highest BCUT2D eigenvalue weighted by molar-refractivity contribution is 5.86. The fraction of sp³-hybridized carbons (Fsp3) is 0.783. The van der Waals surface area contributed by atoms with E-state index in [1.807, 2.05) is 19.1 Å². The molecule has 3 saturated carbocycles. The van der Waals surface area contributed by atoms with Gasteiger partial charge in [-0.25, -0.2) is 0 Å². The van der Waals surface area contributed by atoms with Crippen LogP contribution in [0.25, 0.3) is 0 Å². The average Bonchev–Trinajstić information content (AvgIpc) is 3.04. The molecule has 4 bridgehead atoms. The molecule has 5 rings (SSSR count). The van der Waals surface area contributed by atoms with E-state index in [1.54, 1.807) is 0 Å². The molecule has 0 unspecified atom stereocenters. The van der Waals surface area contributed by atoms with Gasteiger partial charge < -0.3 is 14.6 Å². The van der Waals surface area contributed by atoms with Crippen molar-refractivity contribution in [2.24, 2.45) is 34.5 Å². The van der Waals surface area contributed by atoms with E-state index in [4.69, 9.17) is 9.47 Å². The van der Waals surface area contributed by atoms with Gasteiger partial charge >= 0.3 is 17.9 Å². The van der Waals surface area contributed by atoms with Crippen LogP contribution in [0.2, 0.25) is 0 Å². The molecule has 0 aromatic rings. The second kappa shape index (κ2) is 5.64. The predicted octanol–water partition coefficient (Wildman–Crippen LogP) is 3.49. The Balaban J connectivity index is 1.67. The molecule has 0 amide bonds. The Bertz CT molecular complexity index is 833. The number of hydrogen-bond donors (Lipinski definition) is 1. The molecular weight excluding hydrogens is 372 g/mol. The van der Waals surface area contributed by atoms with Crippen molar-refractivity contribution in [2.45, 2.75) is 76.9 Å². The second-order valence-electron chi connectivity index (χ2n) is 10.4. The first-order chi connectivity index (χ1) is 13.7. The number of carbonyl (C=O) groups excluding carboxylic acids is 2. The smallest absolute Gasteiger partial charge is 0.316 e. The topological polar surface area (TPSA) is 89.9 Å². The number of ether oxygens (including phenoxy) is 2. The fourth-order valence-electron chi connectivity index (χ4n) is 8.60. The minimum atomic E-state index is -0.889. The normalized spacial score (nSPS) is 51.3. The maximum Gasteiger partial charge on any atom is 0.316 e. The summed E-state index contributed by atoms with van der Waals surface area (Å²) in [4.78, 5) is 37.6. The summed E-state index contributed by atoms with van der Waals surface area (Å²) < 4.78 is 12.1. The minimum absolute atomic E-state index is 0.00219.